The molecule has 7 nitrogen and oxygen atoms in total. The van der Waals surface area contributed by atoms with Gasteiger partial charge in [0.1, 0.15) is 5.69 Å². The molecule has 0 bridgehead atoms. The van der Waals surface area contributed by atoms with Crippen molar-refractivity contribution in [2.75, 3.05) is 17.0 Å². The lowest BCUT2D eigenvalue weighted by molar-refractivity contribution is 0.184. The summed E-state index contributed by atoms with van der Waals surface area (Å²) in [5.41, 5.74) is 1.70. The topological polar surface area (TPSA) is 65.5 Å². The molecule has 2 amide bonds. The molecular weight excluding hydrogens is 340 g/mol. The van der Waals surface area contributed by atoms with Crippen LogP contribution in [0.1, 0.15) is 31.2 Å². The van der Waals surface area contributed by atoms with Gasteiger partial charge < -0.3 is 0 Å². The van der Waals surface area contributed by atoms with E-state index in [0.29, 0.717) is 18.1 Å². The van der Waals surface area contributed by atoms with Crippen molar-refractivity contribution in [3.05, 3.63) is 41.6 Å². The highest BCUT2D eigenvalue weighted by atomic mass is 35.5. The molecule has 2 aliphatic rings. The third-order valence-electron chi connectivity index (χ3n) is 4.82. The Morgan fingerprint density at radius 2 is 1.96 bits per heavy atom. The fourth-order valence-corrected chi connectivity index (χ4v) is 3.69. The number of nitrogens with zero attached hydrogens (tertiary/aromatic N) is 6. The lowest BCUT2D eigenvalue weighted by Crippen LogP contribution is -2.58. The standard InChI is InChI=1S/C17H19ClN6O/c1-22-14-10-20-16(18)21-15(14)24(13-4-2-3-5-13)23(17(22)25)11-12-6-8-19-9-7-12/h6-10,13H,2-5,11H2,1H3. The predicted octanol–water partition coefficient (Wildman–Crippen LogP) is 3.26. The van der Waals surface area contributed by atoms with Crippen molar-refractivity contribution >= 4 is 29.1 Å². The van der Waals surface area contributed by atoms with E-state index in [-0.39, 0.29) is 17.4 Å². The van der Waals surface area contributed by atoms with Crippen molar-refractivity contribution in [3.8, 4) is 0 Å². The maximum atomic E-state index is 13.1. The number of carbonyl (C=O) groups excluding carboxylic acids is 1. The lowest BCUT2D eigenvalue weighted by Gasteiger charge is -2.46. The molecular formula is C17H19ClN6O. The van der Waals surface area contributed by atoms with Crippen molar-refractivity contribution in [3.63, 3.8) is 0 Å². The molecule has 0 radical (unpaired) electrons. The summed E-state index contributed by atoms with van der Waals surface area (Å²) in [7, 11) is 1.74. The molecule has 1 saturated carbocycles. The van der Waals surface area contributed by atoms with Gasteiger partial charge in [0, 0.05) is 19.4 Å². The van der Waals surface area contributed by atoms with Crippen molar-refractivity contribution in [1.29, 1.82) is 0 Å². The lowest BCUT2D eigenvalue weighted by atomic mass is 10.2. The molecule has 1 aliphatic heterocycles. The minimum absolute atomic E-state index is 0.0952. The number of aromatic nitrogens is 3. The summed E-state index contributed by atoms with van der Waals surface area (Å²) in [6.45, 7) is 0.462. The zero-order valence-corrected chi connectivity index (χ0v) is 14.7. The molecule has 1 fully saturated rings. The maximum Gasteiger partial charge on any atom is 0.343 e. The molecule has 0 unspecified atom stereocenters. The SMILES string of the molecule is CN1C(=O)N(Cc2ccncc2)N(C2CCCC2)c2nc(Cl)ncc21. The Labute approximate surface area is 151 Å². The molecule has 0 atom stereocenters. The molecule has 3 heterocycles. The van der Waals surface area contributed by atoms with Crippen LogP contribution in [0.2, 0.25) is 5.28 Å². The summed E-state index contributed by atoms with van der Waals surface area (Å²) in [6.07, 6.45) is 9.47. The summed E-state index contributed by atoms with van der Waals surface area (Å²) in [5, 5.41) is 3.98. The van der Waals surface area contributed by atoms with Gasteiger partial charge in [0.05, 0.1) is 18.8 Å². The van der Waals surface area contributed by atoms with Crippen molar-refractivity contribution < 1.29 is 4.79 Å². The van der Waals surface area contributed by atoms with Gasteiger partial charge >= 0.3 is 6.03 Å². The predicted molar refractivity (Wildman–Crippen MR) is 95.4 cm³/mol. The van der Waals surface area contributed by atoms with E-state index >= 15 is 0 Å². The summed E-state index contributed by atoms with van der Waals surface area (Å²) < 4.78 is 0. The Hall–Kier alpha value is -2.41. The van der Waals surface area contributed by atoms with Crippen LogP contribution in [0, 0.1) is 0 Å². The molecule has 4 rings (SSSR count). The van der Waals surface area contributed by atoms with E-state index in [1.54, 1.807) is 35.5 Å². The second-order valence-corrected chi connectivity index (χ2v) is 6.72. The highest BCUT2D eigenvalue weighted by Crippen LogP contribution is 2.39. The van der Waals surface area contributed by atoms with Gasteiger partial charge in [-0.2, -0.15) is 4.98 Å². The number of rotatable bonds is 3. The Morgan fingerprint density at radius 1 is 1.24 bits per heavy atom. The van der Waals surface area contributed by atoms with Gasteiger partial charge in [-0.15, -0.1) is 0 Å². The molecule has 0 spiro atoms. The number of urea groups is 1. The third kappa shape index (κ3) is 2.89. The highest BCUT2D eigenvalue weighted by Gasteiger charge is 2.40. The maximum absolute atomic E-state index is 13.1. The second-order valence-electron chi connectivity index (χ2n) is 6.39. The quantitative estimate of drug-likeness (QED) is 0.788. The highest BCUT2D eigenvalue weighted by molar-refractivity contribution is 6.28. The zero-order chi connectivity index (χ0) is 17.4. The van der Waals surface area contributed by atoms with Crippen LogP contribution in [0.3, 0.4) is 0 Å². The van der Waals surface area contributed by atoms with Gasteiger partial charge in [0.25, 0.3) is 0 Å². The van der Waals surface area contributed by atoms with E-state index in [1.165, 1.54) is 0 Å². The third-order valence-corrected chi connectivity index (χ3v) is 5.00. The van der Waals surface area contributed by atoms with Crippen molar-refractivity contribution in [2.45, 2.75) is 38.3 Å². The van der Waals surface area contributed by atoms with Crippen LogP contribution in [0.5, 0.6) is 0 Å². The monoisotopic (exact) mass is 358 g/mol. The fourth-order valence-electron chi connectivity index (χ4n) is 3.56. The molecule has 2 aromatic heterocycles. The number of carbonyl (C=O) groups is 1. The number of anilines is 2. The first-order valence-electron chi connectivity index (χ1n) is 8.41. The van der Waals surface area contributed by atoms with E-state index in [1.807, 2.05) is 17.1 Å². The molecule has 2 aromatic rings. The van der Waals surface area contributed by atoms with E-state index in [2.05, 4.69) is 15.0 Å². The van der Waals surface area contributed by atoms with Gasteiger partial charge in [0.2, 0.25) is 5.28 Å². The Morgan fingerprint density at radius 3 is 2.68 bits per heavy atom. The Kier molecular flexibility index (Phi) is 4.17. The molecule has 130 valence electrons. The fraction of sp³-hybridized carbons (Fsp3) is 0.412. The Balaban J connectivity index is 1.78. The molecule has 1 aliphatic carbocycles. The number of halogens is 1. The number of hydrogen-bond acceptors (Lipinski definition) is 5. The molecule has 0 saturated heterocycles. The summed E-state index contributed by atoms with van der Waals surface area (Å²) in [5.74, 6) is 0.697. The van der Waals surface area contributed by atoms with E-state index < -0.39 is 0 Å². The average Bonchev–Trinajstić information content (AvgIpc) is 3.14. The van der Waals surface area contributed by atoms with Crippen LogP contribution in [0.4, 0.5) is 16.3 Å². The van der Waals surface area contributed by atoms with E-state index in [9.17, 15) is 4.79 Å². The molecule has 0 aromatic carbocycles. The second kappa shape index (κ2) is 6.48. The first-order valence-corrected chi connectivity index (χ1v) is 8.79. The van der Waals surface area contributed by atoms with E-state index in [4.69, 9.17) is 11.6 Å². The van der Waals surface area contributed by atoms with Crippen LogP contribution in [-0.4, -0.2) is 39.1 Å². The molecule has 0 N–H and O–H groups in total. The number of hydrogen-bond donors (Lipinski definition) is 0. The summed E-state index contributed by atoms with van der Waals surface area (Å²) in [6, 6.07) is 3.98. The average molecular weight is 359 g/mol. The van der Waals surface area contributed by atoms with Crippen LogP contribution in [0.15, 0.2) is 30.7 Å². The van der Waals surface area contributed by atoms with Crippen LogP contribution in [0.25, 0.3) is 0 Å². The van der Waals surface area contributed by atoms with Gasteiger partial charge in [0.15, 0.2) is 5.82 Å². The van der Waals surface area contributed by atoms with Gasteiger partial charge in [-0.05, 0) is 42.1 Å². The minimum atomic E-state index is -0.0952. The van der Waals surface area contributed by atoms with Crippen LogP contribution < -0.4 is 9.91 Å². The summed E-state index contributed by atoms with van der Waals surface area (Å²) >= 11 is 6.06. The first-order chi connectivity index (χ1) is 12.1. The van der Waals surface area contributed by atoms with Gasteiger partial charge in [-0.3, -0.25) is 14.9 Å². The largest absolute Gasteiger partial charge is 0.343 e. The number of amides is 2. The van der Waals surface area contributed by atoms with Gasteiger partial charge in [-0.25, -0.2) is 14.8 Å². The molecule has 25 heavy (non-hydrogen) atoms. The number of pyridine rings is 1. The van der Waals surface area contributed by atoms with Crippen molar-refractivity contribution in [2.24, 2.45) is 0 Å². The van der Waals surface area contributed by atoms with Gasteiger partial charge in [-0.1, -0.05) is 12.8 Å². The Bertz CT molecular complexity index is 780. The van der Waals surface area contributed by atoms with Crippen LogP contribution >= 0.6 is 11.6 Å². The van der Waals surface area contributed by atoms with Crippen LogP contribution in [-0.2, 0) is 6.54 Å². The first kappa shape index (κ1) is 16.1. The summed E-state index contributed by atoms with van der Waals surface area (Å²) in [4.78, 5) is 27.2. The van der Waals surface area contributed by atoms with E-state index in [0.717, 1.165) is 31.2 Å². The normalized spacial score (nSPS) is 18.0. The number of hydrazine groups is 1. The minimum Gasteiger partial charge on any atom is -0.291 e. The smallest absolute Gasteiger partial charge is 0.291 e. The number of fused-ring (bicyclic) bond motifs is 1. The zero-order valence-electron chi connectivity index (χ0n) is 14.0. The molecule has 8 heteroatoms. The van der Waals surface area contributed by atoms with Crippen molar-refractivity contribution in [1.82, 2.24) is 20.0 Å².